The predicted molar refractivity (Wildman–Crippen MR) is 102 cm³/mol. The van der Waals surface area contributed by atoms with E-state index in [1.165, 1.54) is 0 Å². The number of para-hydroxylation sites is 1. The summed E-state index contributed by atoms with van der Waals surface area (Å²) in [5, 5.41) is 3.10. The number of piperazine rings is 1. The lowest BCUT2D eigenvalue weighted by atomic mass is 9.83. The average molecular weight is 348 g/mol. The fourth-order valence-corrected chi connectivity index (χ4v) is 3.34. The molecule has 140 valence electrons. The zero-order chi connectivity index (χ0) is 18.3. The van der Waals surface area contributed by atoms with E-state index in [1.54, 1.807) is 7.11 Å². The van der Waals surface area contributed by atoms with Crippen LogP contribution in [0.3, 0.4) is 0 Å². The smallest absolute Gasteiger partial charge is 0.230 e. The molecule has 5 nitrogen and oxygen atoms in total. The van der Waals surface area contributed by atoms with E-state index in [-0.39, 0.29) is 5.91 Å². The molecule has 1 heterocycles. The highest BCUT2D eigenvalue weighted by molar-refractivity contribution is 5.88. The number of carbonyl (C=O) groups excluding carboxylic acids is 1. The van der Waals surface area contributed by atoms with Gasteiger partial charge in [0, 0.05) is 38.3 Å². The lowest BCUT2D eigenvalue weighted by molar-refractivity contribution is -0.125. The van der Waals surface area contributed by atoms with Gasteiger partial charge in [0.05, 0.1) is 12.5 Å². The summed E-state index contributed by atoms with van der Waals surface area (Å²) in [6.07, 6.45) is 0.986. The number of hydrogen-bond acceptors (Lipinski definition) is 4. The molecule has 1 aliphatic heterocycles. The van der Waals surface area contributed by atoms with Crippen molar-refractivity contribution in [3.63, 3.8) is 0 Å². The number of amides is 1. The SMILES string of the molecule is CCN1CCN(CCCNC(=O)C(C)(C)c2ccccc2OC)CC1. The van der Waals surface area contributed by atoms with Gasteiger partial charge in [0.2, 0.25) is 5.91 Å². The topological polar surface area (TPSA) is 44.8 Å². The molecule has 5 heteroatoms. The maximum absolute atomic E-state index is 12.7. The zero-order valence-electron chi connectivity index (χ0n) is 16.2. The quantitative estimate of drug-likeness (QED) is 0.732. The fraction of sp³-hybridized carbons (Fsp3) is 0.650. The number of likely N-dealkylation sites (N-methyl/N-ethyl adjacent to an activating group) is 1. The van der Waals surface area contributed by atoms with Gasteiger partial charge in [0.25, 0.3) is 0 Å². The second-order valence-corrected chi connectivity index (χ2v) is 7.21. The van der Waals surface area contributed by atoms with Crippen molar-refractivity contribution in [1.82, 2.24) is 15.1 Å². The van der Waals surface area contributed by atoms with Crippen LogP contribution in [-0.2, 0) is 10.2 Å². The molecule has 1 amide bonds. The Morgan fingerprint density at radius 1 is 1.16 bits per heavy atom. The third-order valence-electron chi connectivity index (χ3n) is 5.20. The van der Waals surface area contributed by atoms with Crippen molar-refractivity contribution in [2.45, 2.75) is 32.6 Å². The number of carbonyl (C=O) groups is 1. The molecule has 0 aromatic heterocycles. The van der Waals surface area contributed by atoms with Gasteiger partial charge in [0.15, 0.2) is 0 Å². The molecule has 1 fully saturated rings. The van der Waals surface area contributed by atoms with Crippen LogP contribution in [0.15, 0.2) is 24.3 Å². The van der Waals surface area contributed by atoms with Gasteiger partial charge >= 0.3 is 0 Å². The van der Waals surface area contributed by atoms with Gasteiger partial charge in [-0.25, -0.2) is 0 Å². The van der Waals surface area contributed by atoms with E-state index in [0.717, 1.165) is 57.0 Å². The van der Waals surface area contributed by atoms with Crippen molar-refractivity contribution in [3.05, 3.63) is 29.8 Å². The van der Waals surface area contributed by atoms with Crippen LogP contribution in [0.2, 0.25) is 0 Å². The van der Waals surface area contributed by atoms with Crippen LogP contribution in [0.5, 0.6) is 5.75 Å². The van der Waals surface area contributed by atoms with E-state index in [2.05, 4.69) is 22.0 Å². The first-order valence-corrected chi connectivity index (χ1v) is 9.35. The van der Waals surface area contributed by atoms with Crippen molar-refractivity contribution in [3.8, 4) is 5.75 Å². The normalized spacial score (nSPS) is 16.6. The molecule has 0 unspecified atom stereocenters. The number of rotatable bonds is 8. The highest BCUT2D eigenvalue weighted by atomic mass is 16.5. The molecular formula is C20H33N3O2. The van der Waals surface area contributed by atoms with Gasteiger partial charge in [-0.3, -0.25) is 4.79 Å². The molecule has 1 saturated heterocycles. The summed E-state index contributed by atoms with van der Waals surface area (Å²) < 4.78 is 5.41. The van der Waals surface area contributed by atoms with Crippen LogP contribution >= 0.6 is 0 Å². The van der Waals surface area contributed by atoms with E-state index in [4.69, 9.17) is 4.74 Å². The summed E-state index contributed by atoms with van der Waals surface area (Å²) in [5.74, 6) is 0.809. The maximum Gasteiger partial charge on any atom is 0.230 e. The Hall–Kier alpha value is -1.59. The molecular weight excluding hydrogens is 314 g/mol. The standard InChI is InChI=1S/C20H33N3O2/c1-5-22-13-15-23(16-14-22)12-8-11-21-19(24)20(2,3)17-9-6-7-10-18(17)25-4/h6-7,9-10H,5,8,11-16H2,1-4H3,(H,21,24). The van der Waals surface area contributed by atoms with Crippen LogP contribution in [0.25, 0.3) is 0 Å². The molecule has 1 aromatic carbocycles. The van der Waals surface area contributed by atoms with E-state index < -0.39 is 5.41 Å². The number of ether oxygens (including phenoxy) is 1. The molecule has 0 atom stereocenters. The Balaban J connectivity index is 1.78. The van der Waals surface area contributed by atoms with Crippen LogP contribution in [0.4, 0.5) is 0 Å². The van der Waals surface area contributed by atoms with Crippen molar-refractivity contribution < 1.29 is 9.53 Å². The molecule has 0 saturated carbocycles. The minimum absolute atomic E-state index is 0.0489. The number of methoxy groups -OCH3 is 1. The molecule has 0 spiro atoms. The van der Waals surface area contributed by atoms with Crippen LogP contribution < -0.4 is 10.1 Å². The second kappa shape index (κ2) is 9.20. The molecule has 0 bridgehead atoms. The highest BCUT2D eigenvalue weighted by Crippen LogP contribution is 2.31. The Labute approximate surface area is 152 Å². The number of nitrogens with zero attached hydrogens (tertiary/aromatic N) is 2. The summed E-state index contributed by atoms with van der Waals surface area (Å²) in [6, 6.07) is 7.74. The number of nitrogens with one attached hydrogen (secondary N) is 1. The van der Waals surface area contributed by atoms with E-state index in [0.29, 0.717) is 6.54 Å². The maximum atomic E-state index is 12.7. The summed E-state index contributed by atoms with van der Waals surface area (Å²) in [7, 11) is 1.64. The second-order valence-electron chi connectivity index (χ2n) is 7.21. The summed E-state index contributed by atoms with van der Waals surface area (Å²) in [6.45, 7) is 13.6. The predicted octanol–water partition coefficient (Wildman–Crippen LogP) is 2.12. The Morgan fingerprint density at radius 2 is 1.80 bits per heavy atom. The molecule has 0 radical (unpaired) electrons. The van der Waals surface area contributed by atoms with E-state index in [9.17, 15) is 4.79 Å². The number of hydrogen-bond donors (Lipinski definition) is 1. The first-order valence-electron chi connectivity index (χ1n) is 9.35. The Kier molecular flexibility index (Phi) is 7.26. The van der Waals surface area contributed by atoms with Crippen molar-refractivity contribution in [1.29, 1.82) is 0 Å². The van der Waals surface area contributed by atoms with Crippen molar-refractivity contribution >= 4 is 5.91 Å². The summed E-state index contributed by atoms with van der Waals surface area (Å²) >= 11 is 0. The molecule has 1 N–H and O–H groups in total. The first-order chi connectivity index (χ1) is 12.0. The summed E-state index contributed by atoms with van der Waals surface area (Å²) in [5.41, 5.74) is 0.310. The van der Waals surface area contributed by atoms with Gasteiger partial charge < -0.3 is 19.9 Å². The lowest BCUT2D eigenvalue weighted by Crippen LogP contribution is -2.47. The minimum atomic E-state index is -0.612. The molecule has 1 aliphatic rings. The average Bonchev–Trinajstić information content (AvgIpc) is 2.65. The highest BCUT2D eigenvalue weighted by Gasteiger charge is 2.32. The first kappa shape index (κ1) is 19.7. The molecule has 1 aromatic rings. The van der Waals surface area contributed by atoms with Gasteiger partial charge in [0.1, 0.15) is 5.75 Å². The largest absolute Gasteiger partial charge is 0.496 e. The zero-order valence-corrected chi connectivity index (χ0v) is 16.2. The molecule has 0 aliphatic carbocycles. The monoisotopic (exact) mass is 347 g/mol. The number of benzene rings is 1. The van der Waals surface area contributed by atoms with Gasteiger partial charge in [-0.15, -0.1) is 0 Å². The third-order valence-corrected chi connectivity index (χ3v) is 5.20. The Morgan fingerprint density at radius 3 is 2.44 bits per heavy atom. The van der Waals surface area contributed by atoms with Gasteiger partial charge in [-0.2, -0.15) is 0 Å². The van der Waals surface area contributed by atoms with Gasteiger partial charge in [-0.05, 0) is 39.4 Å². The van der Waals surface area contributed by atoms with Crippen LogP contribution in [0.1, 0.15) is 32.8 Å². The Bertz CT molecular complexity index is 552. The van der Waals surface area contributed by atoms with Crippen molar-refractivity contribution in [2.75, 3.05) is 52.9 Å². The van der Waals surface area contributed by atoms with E-state index >= 15 is 0 Å². The summed E-state index contributed by atoms with van der Waals surface area (Å²) in [4.78, 5) is 17.6. The minimum Gasteiger partial charge on any atom is -0.496 e. The fourth-order valence-electron chi connectivity index (χ4n) is 3.34. The van der Waals surface area contributed by atoms with Gasteiger partial charge in [-0.1, -0.05) is 25.1 Å². The van der Waals surface area contributed by atoms with Crippen molar-refractivity contribution in [2.24, 2.45) is 0 Å². The van der Waals surface area contributed by atoms with Crippen LogP contribution in [0, 0.1) is 0 Å². The third kappa shape index (κ3) is 5.19. The lowest BCUT2D eigenvalue weighted by Gasteiger charge is -2.34. The molecule has 25 heavy (non-hydrogen) atoms. The van der Waals surface area contributed by atoms with Crippen LogP contribution in [-0.4, -0.2) is 68.6 Å². The molecule has 2 rings (SSSR count). The van der Waals surface area contributed by atoms with E-state index in [1.807, 2.05) is 38.1 Å².